The number of hydrogen-bond donors (Lipinski definition) is 1. The SMILES string of the molecule is CC(=O)[C@H](NS(=O)(=O)c1ccc(C)cc1)C(C)(C)SCC1COC(C)(C)O1. The van der Waals surface area contributed by atoms with Gasteiger partial charge in [0, 0.05) is 10.5 Å². The van der Waals surface area contributed by atoms with Crippen molar-refractivity contribution in [1.82, 2.24) is 4.72 Å². The molecule has 0 aliphatic carbocycles. The van der Waals surface area contributed by atoms with Crippen LogP contribution in [-0.2, 0) is 24.3 Å². The molecule has 2 rings (SSSR count). The molecule has 1 aromatic carbocycles. The van der Waals surface area contributed by atoms with Gasteiger partial charge in [0.05, 0.1) is 23.6 Å². The Labute approximate surface area is 166 Å². The molecule has 0 amide bonds. The van der Waals surface area contributed by atoms with E-state index >= 15 is 0 Å². The van der Waals surface area contributed by atoms with Gasteiger partial charge in [-0.25, -0.2) is 8.42 Å². The lowest BCUT2D eigenvalue weighted by Gasteiger charge is -2.33. The molecule has 2 atom stereocenters. The number of hydrogen-bond acceptors (Lipinski definition) is 6. The molecule has 1 fully saturated rings. The standard InChI is InChI=1S/C19H29NO5S2/c1-13-7-9-16(10-8-13)27(22,23)20-17(14(2)21)18(3,4)26-12-15-11-24-19(5,6)25-15/h7-10,15,17,20H,11-12H2,1-6H3/t15?,17-/m0/s1. The lowest BCUT2D eigenvalue weighted by Crippen LogP contribution is -2.52. The van der Waals surface area contributed by atoms with Crippen molar-refractivity contribution in [3.63, 3.8) is 0 Å². The zero-order valence-corrected chi connectivity index (χ0v) is 18.4. The normalized spacial score (nSPS) is 21.2. The summed E-state index contributed by atoms with van der Waals surface area (Å²) < 4.78 is 38.8. The molecular formula is C19H29NO5S2. The van der Waals surface area contributed by atoms with Gasteiger partial charge in [-0.2, -0.15) is 16.5 Å². The molecule has 1 heterocycles. The van der Waals surface area contributed by atoms with E-state index in [-0.39, 0.29) is 16.8 Å². The zero-order chi connectivity index (χ0) is 20.5. The van der Waals surface area contributed by atoms with Crippen LogP contribution in [0.25, 0.3) is 0 Å². The number of ketones is 1. The number of thioether (sulfide) groups is 1. The van der Waals surface area contributed by atoms with Crippen molar-refractivity contribution in [3.05, 3.63) is 29.8 Å². The highest BCUT2D eigenvalue weighted by atomic mass is 32.2. The van der Waals surface area contributed by atoms with Gasteiger partial charge < -0.3 is 9.47 Å². The largest absolute Gasteiger partial charge is 0.348 e. The van der Waals surface area contributed by atoms with E-state index in [0.717, 1.165) is 5.56 Å². The number of sulfonamides is 1. The van der Waals surface area contributed by atoms with Gasteiger partial charge >= 0.3 is 0 Å². The number of ether oxygens (including phenoxy) is 2. The third kappa shape index (κ3) is 6.02. The summed E-state index contributed by atoms with van der Waals surface area (Å²) >= 11 is 1.50. The molecule has 0 bridgehead atoms. The van der Waals surface area contributed by atoms with Crippen LogP contribution in [0.2, 0.25) is 0 Å². The minimum Gasteiger partial charge on any atom is -0.348 e. The van der Waals surface area contributed by atoms with Crippen LogP contribution in [-0.4, -0.2) is 49.2 Å². The highest BCUT2D eigenvalue weighted by Gasteiger charge is 2.39. The van der Waals surface area contributed by atoms with E-state index in [1.54, 1.807) is 24.3 Å². The highest BCUT2D eigenvalue weighted by Crippen LogP contribution is 2.33. The van der Waals surface area contributed by atoms with Gasteiger partial charge in [0.15, 0.2) is 5.79 Å². The van der Waals surface area contributed by atoms with E-state index in [2.05, 4.69) is 4.72 Å². The maximum atomic E-state index is 12.7. The fourth-order valence-electron chi connectivity index (χ4n) is 2.89. The van der Waals surface area contributed by atoms with Crippen molar-refractivity contribution in [2.24, 2.45) is 0 Å². The fourth-order valence-corrected chi connectivity index (χ4v) is 5.54. The van der Waals surface area contributed by atoms with Crippen LogP contribution in [0.1, 0.15) is 40.2 Å². The van der Waals surface area contributed by atoms with Gasteiger partial charge in [-0.05, 0) is 53.7 Å². The first-order valence-electron chi connectivity index (χ1n) is 8.88. The second-order valence-corrected chi connectivity index (χ2v) is 11.2. The molecule has 0 radical (unpaired) electrons. The Morgan fingerprint density at radius 3 is 2.41 bits per heavy atom. The van der Waals surface area contributed by atoms with E-state index in [0.29, 0.717) is 12.4 Å². The number of benzene rings is 1. The Kier molecular flexibility index (Phi) is 6.80. The monoisotopic (exact) mass is 415 g/mol. The molecule has 1 saturated heterocycles. The Balaban J connectivity index is 2.10. The van der Waals surface area contributed by atoms with Gasteiger partial charge in [-0.3, -0.25) is 4.79 Å². The number of carbonyl (C=O) groups excluding carboxylic acids is 1. The van der Waals surface area contributed by atoms with E-state index in [9.17, 15) is 13.2 Å². The second kappa shape index (κ2) is 8.21. The predicted molar refractivity (Wildman–Crippen MR) is 107 cm³/mol. The number of nitrogens with one attached hydrogen (secondary N) is 1. The summed E-state index contributed by atoms with van der Waals surface area (Å²) in [5.74, 6) is -0.235. The molecule has 1 aliphatic heterocycles. The van der Waals surface area contributed by atoms with Gasteiger partial charge in [0.1, 0.15) is 5.78 Å². The first kappa shape index (κ1) is 22.4. The third-order valence-corrected chi connectivity index (χ3v) is 7.37. The van der Waals surface area contributed by atoms with Crippen molar-refractivity contribution in [3.8, 4) is 0 Å². The first-order valence-corrected chi connectivity index (χ1v) is 11.3. The van der Waals surface area contributed by atoms with Gasteiger partial charge in [-0.15, -0.1) is 0 Å². The molecule has 27 heavy (non-hydrogen) atoms. The van der Waals surface area contributed by atoms with Crippen LogP contribution >= 0.6 is 11.8 Å². The fraction of sp³-hybridized carbons (Fsp3) is 0.632. The Morgan fingerprint density at radius 1 is 1.33 bits per heavy atom. The number of carbonyl (C=O) groups is 1. The van der Waals surface area contributed by atoms with Crippen LogP contribution < -0.4 is 4.72 Å². The van der Waals surface area contributed by atoms with Crippen molar-refractivity contribution in [2.45, 2.75) is 69.1 Å². The van der Waals surface area contributed by atoms with Crippen LogP contribution in [0.3, 0.4) is 0 Å². The predicted octanol–water partition coefficient (Wildman–Crippen LogP) is 2.89. The Morgan fingerprint density at radius 2 is 1.93 bits per heavy atom. The topological polar surface area (TPSA) is 81.7 Å². The Hall–Kier alpha value is -0.930. The minimum absolute atomic E-state index is 0.0920. The summed E-state index contributed by atoms with van der Waals surface area (Å²) in [5, 5.41) is 0. The molecule has 152 valence electrons. The van der Waals surface area contributed by atoms with Crippen molar-refractivity contribution in [1.29, 1.82) is 0 Å². The Bertz CT molecular complexity index is 772. The molecule has 8 heteroatoms. The summed E-state index contributed by atoms with van der Waals surface area (Å²) in [7, 11) is -3.80. The summed E-state index contributed by atoms with van der Waals surface area (Å²) in [4.78, 5) is 12.4. The van der Waals surface area contributed by atoms with E-state index in [4.69, 9.17) is 9.47 Å². The maximum Gasteiger partial charge on any atom is 0.241 e. The molecule has 6 nitrogen and oxygen atoms in total. The summed E-state index contributed by atoms with van der Waals surface area (Å²) in [6, 6.07) is 5.69. The lowest BCUT2D eigenvalue weighted by molar-refractivity contribution is -0.135. The highest BCUT2D eigenvalue weighted by molar-refractivity contribution is 8.00. The summed E-state index contributed by atoms with van der Waals surface area (Å²) in [6.07, 6.45) is -0.0920. The zero-order valence-electron chi connectivity index (χ0n) is 16.7. The molecule has 1 N–H and O–H groups in total. The van der Waals surface area contributed by atoms with Gasteiger partial charge in [0.25, 0.3) is 0 Å². The molecule has 1 aliphatic rings. The summed E-state index contributed by atoms with van der Waals surface area (Å²) in [6.45, 7) is 11.2. The quantitative estimate of drug-likeness (QED) is 0.703. The van der Waals surface area contributed by atoms with E-state index < -0.39 is 26.6 Å². The second-order valence-electron chi connectivity index (χ2n) is 7.84. The van der Waals surface area contributed by atoms with Crippen LogP contribution in [0.15, 0.2) is 29.2 Å². The van der Waals surface area contributed by atoms with E-state index in [1.165, 1.54) is 18.7 Å². The number of rotatable bonds is 8. The molecule has 0 spiro atoms. The van der Waals surface area contributed by atoms with Crippen molar-refractivity contribution < 1.29 is 22.7 Å². The van der Waals surface area contributed by atoms with Crippen LogP contribution in [0.5, 0.6) is 0 Å². The van der Waals surface area contributed by atoms with Gasteiger partial charge in [0.2, 0.25) is 10.0 Å². The van der Waals surface area contributed by atoms with Crippen LogP contribution in [0.4, 0.5) is 0 Å². The van der Waals surface area contributed by atoms with Crippen molar-refractivity contribution in [2.75, 3.05) is 12.4 Å². The third-order valence-electron chi connectivity index (χ3n) is 4.41. The lowest BCUT2D eigenvalue weighted by atomic mass is 10.0. The van der Waals surface area contributed by atoms with Gasteiger partial charge in [-0.1, -0.05) is 17.7 Å². The number of aryl methyl sites for hydroxylation is 1. The maximum absolute atomic E-state index is 12.7. The molecular weight excluding hydrogens is 386 g/mol. The molecule has 1 unspecified atom stereocenters. The van der Waals surface area contributed by atoms with E-state index in [1.807, 2.05) is 34.6 Å². The molecule has 0 aromatic heterocycles. The smallest absolute Gasteiger partial charge is 0.241 e. The van der Waals surface area contributed by atoms with Crippen molar-refractivity contribution >= 4 is 27.6 Å². The average molecular weight is 416 g/mol. The summed E-state index contributed by atoms with van der Waals surface area (Å²) in [5.41, 5.74) is 0.967. The minimum atomic E-state index is -3.80. The number of Topliss-reactive ketones (excluding diaryl/α,β-unsaturated/α-hetero) is 1. The average Bonchev–Trinajstić information content (AvgIpc) is 2.90. The van der Waals surface area contributed by atoms with Crippen LogP contribution in [0, 0.1) is 6.92 Å². The first-order chi connectivity index (χ1) is 12.3. The molecule has 1 aromatic rings. The molecule has 0 saturated carbocycles.